The van der Waals surface area contributed by atoms with Crippen LogP contribution in [0.15, 0.2) is 0 Å². The fraction of sp³-hybridized carbons (Fsp3) is 0.600. The van der Waals surface area contributed by atoms with Gasteiger partial charge in [0.15, 0.2) is 0 Å². The third kappa shape index (κ3) is 1.20. The van der Waals surface area contributed by atoms with Gasteiger partial charge in [-0.3, -0.25) is 20.2 Å². The van der Waals surface area contributed by atoms with E-state index in [0.29, 0.717) is 0 Å². The van der Waals surface area contributed by atoms with Gasteiger partial charge in [0.05, 0.1) is 0 Å². The van der Waals surface area contributed by atoms with Crippen molar-refractivity contribution in [2.75, 3.05) is 0 Å². The Hall–Kier alpha value is -1.70. The second kappa shape index (κ2) is 2.66. The molecule has 72 valence electrons. The Morgan fingerprint density at radius 2 is 2.15 bits per heavy atom. The predicted octanol–water partition coefficient (Wildman–Crippen LogP) is -1.82. The lowest BCUT2D eigenvalue weighted by atomic mass is 9.98. The molecule has 0 radical (unpaired) electrons. The van der Waals surface area contributed by atoms with Gasteiger partial charge in [0.2, 0.25) is 6.23 Å². The third-order valence-corrected chi connectivity index (χ3v) is 1.87. The van der Waals surface area contributed by atoms with Crippen LogP contribution in [-0.4, -0.2) is 33.7 Å². The number of nitro groups is 1. The van der Waals surface area contributed by atoms with Crippen molar-refractivity contribution in [1.82, 2.24) is 10.6 Å². The van der Waals surface area contributed by atoms with Crippen LogP contribution in [0.1, 0.15) is 6.92 Å². The van der Waals surface area contributed by atoms with Gasteiger partial charge in [0.25, 0.3) is 0 Å². The first-order valence-corrected chi connectivity index (χ1v) is 3.33. The largest absolute Gasteiger partial charge is 0.367 e. The van der Waals surface area contributed by atoms with Crippen molar-refractivity contribution in [2.45, 2.75) is 18.7 Å². The van der Waals surface area contributed by atoms with Gasteiger partial charge in [-0.2, -0.15) is 0 Å². The van der Waals surface area contributed by atoms with E-state index in [-0.39, 0.29) is 0 Å². The molecule has 0 aromatic carbocycles. The molecule has 1 rings (SSSR count). The maximum absolute atomic E-state index is 11.0. The monoisotopic (exact) mass is 189 g/mol. The van der Waals surface area contributed by atoms with E-state index in [4.69, 9.17) is 5.11 Å². The number of amides is 3. The Bertz CT molecular complexity index is 290. The van der Waals surface area contributed by atoms with Gasteiger partial charge >= 0.3 is 17.5 Å². The van der Waals surface area contributed by atoms with Gasteiger partial charge in [0, 0.05) is 11.8 Å². The molecule has 1 fully saturated rings. The number of hydrogen-bond acceptors (Lipinski definition) is 5. The minimum absolute atomic E-state index is 0.923. The number of rotatable bonds is 1. The van der Waals surface area contributed by atoms with Crippen molar-refractivity contribution in [2.24, 2.45) is 0 Å². The highest BCUT2D eigenvalue weighted by Crippen LogP contribution is 2.16. The first kappa shape index (κ1) is 9.39. The average molecular weight is 189 g/mol. The molecule has 0 aromatic heterocycles. The molecule has 2 unspecified atom stereocenters. The first-order valence-electron chi connectivity index (χ1n) is 3.33. The van der Waals surface area contributed by atoms with Crippen LogP contribution in [0, 0.1) is 10.1 Å². The van der Waals surface area contributed by atoms with Crippen LogP contribution in [0.5, 0.6) is 0 Å². The van der Waals surface area contributed by atoms with Crippen molar-refractivity contribution in [3.05, 3.63) is 10.1 Å². The Balaban J connectivity index is 3.03. The zero-order chi connectivity index (χ0) is 10.2. The van der Waals surface area contributed by atoms with Crippen LogP contribution in [-0.2, 0) is 4.79 Å². The minimum Gasteiger partial charge on any atom is -0.367 e. The summed E-state index contributed by atoms with van der Waals surface area (Å²) < 4.78 is 0. The highest BCUT2D eigenvalue weighted by molar-refractivity contribution is 6.01. The molecule has 1 saturated heterocycles. The number of nitrogens with one attached hydrogen (secondary N) is 2. The summed E-state index contributed by atoms with van der Waals surface area (Å²) in [5.41, 5.74) is -2.23. The van der Waals surface area contributed by atoms with E-state index in [1.165, 1.54) is 0 Å². The zero-order valence-corrected chi connectivity index (χ0v) is 6.60. The smallest absolute Gasteiger partial charge is 0.339 e. The van der Waals surface area contributed by atoms with E-state index in [9.17, 15) is 19.7 Å². The number of aliphatic hydroxyl groups excluding tert-OH is 1. The lowest BCUT2D eigenvalue weighted by Gasteiger charge is -2.29. The summed E-state index contributed by atoms with van der Waals surface area (Å²) in [6.45, 7) is 0.923. The number of carbonyl (C=O) groups is 2. The molecule has 0 saturated carbocycles. The average Bonchev–Trinajstić information content (AvgIpc) is 1.99. The normalized spacial score (nSPS) is 33.5. The highest BCUT2D eigenvalue weighted by Gasteiger charge is 2.57. The lowest BCUT2D eigenvalue weighted by molar-refractivity contribution is -0.562. The van der Waals surface area contributed by atoms with Crippen LogP contribution in [0.4, 0.5) is 4.79 Å². The molecule has 2 atom stereocenters. The number of hydrogen-bond donors (Lipinski definition) is 3. The Morgan fingerprint density at radius 3 is 2.54 bits per heavy atom. The molecule has 1 heterocycles. The van der Waals surface area contributed by atoms with Gasteiger partial charge in [-0.25, -0.2) is 4.79 Å². The molecule has 0 aliphatic carbocycles. The van der Waals surface area contributed by atoms with E-state index >= 15 is 0 Å². The summed E-state index contributed by atoms with van der Waals surface area (Å²) in [6.07, 6.45) is -1.82. The van der Waals surface area contributed by atoms with E-state index in [1.54, 1.807) is 5.32 Å². The summed E-state index contributed by atoms with van der Waals surface area (Å²) in [5, 5.41) is 23.1. The second-order valence-electron chi connectivity index (χ2n) is 2.73. The molecule has 3 N–H and O–H groups in total. The van der Waals surface area contributed by atoms with Gasteiger partial charge in [0.1, 0.15) is 0 Å². The van der Waals surface area contributed by atoms with E-state index in [1.807, 2.05) is 5.32 Å². The molecule has 1 aliphatic rings. The summed E-state index contributed by atoms with van der Waals surface area (Å²) >= 11 is 0. The van der Waals surface area contributed by atoms with E-state index < -0.39 is 28.6 Å². The number of imide groups is 1. The van der Waals surface area contributed by atoms with Crippen molar-refractivity contribution >= 4 is 11.9 Å². The molecule has 0 bridgehead atoms. The van der Waals surface area contributed by atoms with Crippen molar-refractivity contribution in [1.29, 1.82) is 0 Å². The Kier molecular flexibility index (Phi) is 1.92. The standard InChI is InChI=1S/C5H7N3O5/c1-5(8(12)13)2(9)6-4(11)7-3(5)10/h2,9H,1H3,(H2,6,7,10,11). The number of urea groups is 1. The maximum atomic E-state index is 11.0. The molecule has 0 aromatic rings. The number of nitrogens with zero attached hydrogens (tertiary/aromatic N) is 1. The van der Waals surface area contributed by atoms with Gasteiger partial charge < -0.3 is 10.4 Å². The SMILES string of the molecule is CC1([N+](=O)[O-])C(=O)NC(=O)NC1O. The van der Waals surface area contributed by atoms with Crippen LogP contribution < -0.4 is 10.6 Å². The molecule has 0 spiro atoms. The second-order valence-corrected chi connectivity index (χ2v) is 2.73. The van der Waals surface area contributed by atoms with Crippen LogP contribution in [0.25, 0.3) is 0 Å². The summed E-state index contributed by atoms with van der Waals surface area (Å²) in [5.74, 6) is -1.13. The van der Waals surface area contributed by atoms with Gasteiger partial charge in [-0.1, -0.05) is 0 Å². The Morgan fingerprint density at radius 1 is 1.62 bits per heavy atom. The van der Waals surface area contributed by atoms with Crippen molar-refractivity contribution in [3.63, 3.8) is 0 Å². The Labute approximate surface area is 72.1 Å². The van der Waals surface area contributed by atoms with Crippen molar-refractivity contribution in [3.8, 4) is 0 Å². The van der Waals surface area contributed by atoms with Crippen LogP contribution in [0.3, 0.4) is 0 Å². The predicted molar refractivity (Wildman–Crippen MR) is 38.1 cm³/mol. The lowest BCUT2D eigenvalue weighted by Crippen LogP contribution is -2.70. The zero-order valence-electron chi connectivity index (χ0n) is 6.60. The van der Waals surface area contributed by atoms with E-state index in [2.05, 4.69) is 0 Å². The summed E-state index contributed by atoms with van der Waals surface area (Å²) in [7, 11) is 0. The first-order chi connectivity index (χ1) is 5.89. The minimum atomic E-state index is -2.23. The maximum Gasteiger partial charge on any atom is 0.339 e. The fourth-order valence-corrected chi connectivity index (χ4v) is 0.837. The molecular formula is C5H7N3O5. The van der Waals surface area contributed by atoms with Crippen LogP contribution in [0.2, 0.25) is 0 Å². The molecule has 8 nitrogen and oxygen atoms in total. The molecule has 13 heavy (non-hydrogen) atoms. The van der Waals surface area contributed by atoms with Crippen molar-refractivity contribution < 1.29 is 19.6 Å². The number of aliphatic hydroxyl groups is 1. The molecule has 8 heteroatoms. The molecule has 1 aliphatic heterocycles. The molecular weight excluding hydrogens is 182 g/mol. The number of carbonyl (C=O) groups excluding carboxylic acids is 2. The van der Waals surface area contributed by atoms with E-state index in [0.717, 1.165) is 6.92 Å². The highest BCUT2D eigenvalue weighted by atomic mass is 16.6. The quantitative estimate of drug-likeness (QED) is 0.331. The van der Waals surface area contributed by atoms with Gasteiger partial charge in [-0.05, 0) is 0 Å². The van der Waals surface area contributed by atoms with Crippen LogP contribution >= 0.6 is 0 Å². The summed E-state index contributed by atoms with van der Waals surface area (Å²) in [6, 6.07) is -0.947. The molecule has 3 amide bonds. The fourth-order valence-electron chi connectivity index (χ4n) is 0.837. The third-order valence-electron chi connectivity index (χ3n) is 1.87. The topological polar surface area (TPSA) is 122 Å². The summed E-state index contributed by atoms with van der Waals surface area (Å²) in [4.78, 5) is 31.1. The van der Waals surface area contributed by atoms with Gasteiger partial charge in [-0.15, -0.1) is 0 Å².